The zero-order valence-electron chi connectivity index (χ0n) is 14.9. The molecule has 0 aliphatic carbocycles. The Morgan fingerprint density at radius 1 is 0.958 bits per heavy atom. The van der Waals surface area contributed by atoms with Crippen LogP contribution in [-0.2, 0) is 23.9 Å². The molecule has 0 spiro atoms. The molecular formula is C15H26N2O7. The molecular weight excluding hydrogens is 320 g/mol. The van der Waals surface area contributed by atoms with Crippen molar-refractivity contribution in [1.29, 1.82) is 0 Å². The van der Waals surface area contributed by atoms with Crippen molar-refractivity contribution in [2.75, 3.05) is 6.54 Å². The monoisotopic (exact) mass is 346 g/mol. The molecule has 0 aromatic rings. The first-order chi connectivity index (χ1) is 10.7. The van der Waals surface area contributed by atoms with Gasteiger partial charge in [-0.05, 0) is 41.5 Å². The van der Waals surface area contributed by atoms with E-state index >= 15 is 0 Å². The van der Waals surface area contributed by atoms with Gasteiger partial charge in [0, 0.05) is 6.54 Å². The number of nitrogens with one attached hydrogen (secondary N) is 2. The van der Waals surface area contributed by atoms with Crippen LogP contribution in [0.1, 0.15) is 48.0 Å². The summed E-state index contributed by atoms with van der Waals surface area (Å²) < 4.78 is 9.95. The molecule has 9 heteroatoms. The van der Waals surface area contributed by atoms with Crippen molar-refractivity contribution < 1.29 is 33.8 Å². The predicted molar refractivity (Wildman–Crippen MR) is 84.3 cm³/mol. The second-order valence-electron chi connectivity index (χ2n) is 7.04. The van der Waals surface area contributed by atoms with Crippen molar-refractivity contribution >= 4 is 23.9 Å². The van der Waals surface area contributed by atoms with Gasteiger partial charge in [-0.25, -0.2) is 9.59 Å². The third kappa shape index (κ3) is 10.4. The number of carboxylic acid groups (broad SMARTS) is 1. The first kappa shape index (κ1) is 21.7. The molecule has 0 aliphatic heterocycles. The lowest BCUT2D eigenvalue weighted by Gasteiger charge is -2.22. The number of hydrogen-bond donors (Lipinski definition) is 3. The van der Waals surface area contributed by atoms with Crippen molar-refractivity contribution in [1.82, 2.24) is 10.6 Å². The smallest absolute Gasteiger partial charge is 0.408 e. The Kier molecular flexibility index (Phi) is 7.69. The molecule has 0 bridgehead atoms. The van der Waals surface area contributed by atoms with E-state index in [1.54, 1.807) is 41.5 Å². The fourth-order valence-corrected chi connectivity index (χ4v) is 1.45. The lowest BCUT2D eigenvalue weighted by molar-refractivity contribution is -0.154. The lowest BCUT2D eigenvalue weighted by Crippen LogP contribution is -2.52. The molecule has 0 aromatic carbocycles. The van der Waals surface area contributed by atoms with E-state index in [-0.39, 0.29) is 13.0 Å². The average molecular weight is 346 g/mol. The molecule has 3 N–H and O–H groups in total. The molecule has 0 fully saturated rings. The van der Waals surface area contributed by atoms with E-state index in [2.05, 4.69) is 5.32 Å². The van der Waals surface area contributed by atoms with Gasteiger partial charge in [0.15, 0.2) is 0 Å². The molecule has 0 aliphatic rings. The second kappa shape index (κ2) is 8.51. The van der Waals surface area contributed by atoms with Crippen molar-refractivity contribution in [2.24, 2.45) is 0 Å². The number of rotatable bonds is 6. The Bertz CT molecular complexity index is 489. The summed E-state index contributed by atoms with van der Waals surface area (Å²) in [5.41, 5.74) is -1.48. The fourth-order valence-electron chi connectivity index (χ4n) is 1.45. The van der Waals surface area contributed by atoms with Crippen molar-refractivity contribution in [3.8, 4) is 0 Å². The van der Waals surface area contributed by atoms with Gasteiger partial charge in [0.1, 0.15) is 11.2 Å². The van der Waals surface area contributed by atoms with Crippen LogP contribution < -0.4 is 10.6 Å². The number of carbonyl (C=O) groups excluding carboxylic acids is 3. The Morgan fingerprint density at radius 2 is 1.46 bits per heavy atom. The molecule has 0 saturated carbocycles. The Hall–Kier alpha value is -2.32. The van der Waals surface area contributed by atoms with Crippen LogP contribution in [0.25, 0.3) is 0 Å². The van der Waals surface area contributed by atoms with Crippen LogP contribution in [0.4, 0.5) is 4.79 Å². The molecule has 0 radical (unpaired) electrons. The molecule has 1 atom stereocenters. The minimum Gasteiger partial charge on any atom is -0.479 e. The van der Waals surface area contributed by atoms with Crippen LogP contribution in [0, 0.1) is 0 Å². The SMILES string of the molecule is CC(C)(C)OC(=O)CCNC(=O)[C@H](NC(=O)OC(C)(C)C)C(=O)O. The van der Waals surface area contributed by atoms with Crippen LogP contribution in [0.5, 0.6) is 0 Å². The number of alkyl carbamates (subject to hydrolysis) is 1. The van der Waals surface area contributed by atoms with E-state index in [9.17, 15) is 19.2 Å². The van der Waals surface area contributed by atoms with Gasteiger partial charge in [-0.15, -0.1) is 0 Å². The highest BCUT2D eigenvalue weighted by atomic mass is 16.6. The zero-order chi connectivity index (χ0) is 19.1. The van der Waals surface area contributed by atoms with Gasteiger partial charge in [-0.1, -0.05) is 0 Å². The van der Waals surface area contributed by atoms with Crippen LogP contribution in [0.15, 0.2) is 0 Å². The predicted octanol–water partition coefficient (Wildman–Crippen LogP) is 0.812. The molecule has 0 heterocycles. The number of ether oxygens (including phenoxy) is 2. The van der Waals surface area contributed by atoms with Gasteiger partial charge >= 0.3 is 18.0 Å². The van der Waals surface area contributed by atoms with E-state index in [1.165, 1.54) is 0 Å². The first-order valence-electron chi connectivity index (χ1n) is 7.43. The first-order valence-corrected chi connectivity index (χ1v) is 7.43. The van der Waals surface area contributed by atoms with Crippen LogP contribution in [0.2, 0.25) is 0 Å². The fraction of sp³-hybridized carbons (Fsp3) is 0.733. The Morgan fingerprint density at radius 3 is 1.88 bits per heavy atom. The maximum absolute atomic E-state index is 11.8. The molecule has 0 aromatic heterocycles. The number of aliphatic carboxylic acids is 1. The summed E-state index contributed by atoms with van der Waals surface area (Å²) in [5.74, 6) is -3.04. The second-order valence-corrected chi connectivity index (χ2v) is 7.04. The van der Waals surface area contributed by atoms with E-state index < -0.39 is 41.2 Å². The molecule has 24 heavy (non-hydrogen) atoms. The van der Waals surface area contributed by atoms with E-state index in [0.29, 0.717) is 0 Å². The summed E-state index contributed by atoms with van der Waals surface area (Å²) in [4.78, 5) is 46.0. The molecule has 2 amide bonds. The minimum absolute atomic E-state index is 0.118. The van der Waals surface area contributed by atoms with Crippen LogP contribution in [-0.4, -0.2) is 52.8 Å². The van der Waals surface area contributed by atoms with E-state index in [1.807, 2.05) is 5.32 Å². The van der Waals surface area contributed by atoms with Crippen molar-refractivity contribution in [3.63, 3.8) is 0 Å². The van der Waals surface area contributed by atoms with Gasteiger partial charge in [-0.3, -0.25) is 14.9 Å². The standard InChI is InChI=1S/C15H26N2O7/c1-14(2,3)23-9(18)7-8-16-11(19)10(12(20)21)17-13(22)24-15(4,5)6/h10H,7-8H2,1-6H3,(H,16,19)(H,17,22)(H,20,21)/t10-/m0/s1. The average Bonchev–Trinajstić information content (AvgIpc) is 2.30. The zero-order valence-corrected chi connectivity index (χ0v) is 14.9. The largest absolute Gasteiger partial charge is 0.479 e. The van der Waals surface area contributed by atoms with Gasteiger partial charge in [0.2, 0.25) is 6.04 Å². The maximum atomic E-state index is 11.8. The summed E-state index contributed by atoms with van der Waals surface area (Å²) in [5, 5.41) is 13.2. The third-order valence-corrected chi connectivity index (χ3v) is 2.22. The summed E-state index contributed by atoms with van der Waals surface area (Å²) >= 11 is 0. The van der Waals surface area contributed by atoms with Crippen molar-refractivity contribution in [3.05, 3.63) is 0 Å². The van der Waals surface area contributed by atoms with Crippen molar-refractivity contribution in [2.45, 2.75) is 65.2 Å². The summed E-state index contributed by atoms with van der Waals surface area (Å²) in [6.07, 6.45) is -1.15. The Labute approximate surface area is 141 Å². The van der Waals surface area contributed by atoms with E-state index in [0.717, 1.165) is 0 Å². The number of carboxylic acids is 1. The third-order valence-electron chi connectivity index (χ3n) is 2.22. The van der Waals surface area contributed by atoms with Gasteiger partial charge in [0.05, 0.1) is 6.42 Å². The highest BCUT2D eigenvalue weighted by molar-refractivity contribution is 6.03. The summed E-state index contributed by atoms with van der Waals surface area (Å²) in [6.45, 7) is 9.79. The number of hydrogen-bond acceptors (Lipinski definition) is 6. The van der Waals surface area contributed by atoms with Gasteiger partial charge < -0.3 is 19.9 Å². The maximum Gasteiger partial charge on any atom is 0.408 e. The van der Waals surface area contributed by atoms with Crippen LogP contribution >= 0.6 is 0 Å². The lowest BCUT2D eigenvalue weighted by atomic mass is 10.2. The topological polar surface area (TPSA) is 131 Å². The van der Waals surface area contributed by atoms with E-state index in [4.69, 9.17) is 14.6 Å². The molecule has 138 valence electrons. The molecule has 0 saturated heterocycles. The number of amides is 2. The Balaban J connectivity index is 4.48. The molecule has 0 unspecified atom stereocenters. The number of esters is 1. The molecule has 9 nitrogen and oxygen atoms in total. The number of carbonyl (C=O) groups is 4. The van der Waals surface area contributed by atoms with Gasteiger partial charge in [-0.2, -0.15) is 0 Å². The summed E-state index contributed by atoms with van der Waals surface area (Å²) in [6, 6.07) is -1.82. The van der Waals surface area contributed by atoms with Crippen LogP contribution in [0.3, 0.4) is 0 Å². The highest BCUT2D eigenvalue weighted by Gasteiger charge is 2.30. The quantitative estimate of drug-likeness (QED) is 0.479. The summed E-state index contributed by atoms with van der Waals surface area (Å²) in [7, 11) is 0. The molecule has 0 rings (SSSR count). The normalized spacial score (nSPS) is 12.8. The van der Waals surface area contributed by atoms with Gasteiger partial charge in [0.25, 0.3) is 5.91 Å². The highest BCUT2D eigenvalue weighted by Crippen LogP contribution is 2.08. The minimum atomic E-state index is -1.82.